The highest BCUT2D eigenvalue weighted by Crippen LogP contribution is 2.33. The summed E-state index contributed by atoms with van der Waals surface area (Å²) in [6.45, 7) is 6.36. The van der Waals surface area contributed by atoms with Crippen LogP contribution in [0.5, 0.6) is 0 Å². The number of benzene rings is 1. The van der Waals surface area contributed by atoms with E-state index in [2.05, 4.69) is 38.2 Å². The van der Waals surface area contributed by atoms with Crippen LogP contribution in [0.3, 0.4) is 0 Å². The average Bonchev–Trinajstić information content (AvgIpc) is 2.41. The largest absolute Gasteiger partial charge is 0.465 e. The molecule has 0 aliphatic heterocycles. The number of thioether (sulfide) groups is 1. The van der Waals surface area contributed by atoms with Gasteiger partial charge < -0.3 is 15.5 Å². The van der Waals surface area contributed by atoms with Crippen molar-refractivity contribution in [3.8, 4) is 0 Å². The third-order valence-electron chi connectivity index (χ3n) is 4.39. The van der Waals surface area contributed by atoms with Gasteiger partial charge in [0.1, 0.15) is 0 Å². The second-order valence-corrected chi connectivity index (χ2v) is 7.43. The molecule has 0 bridgehead atoms. The van der Waals surface area contributed by atoms with Crippen molar-refractivity contribution >= 4 is 17.9 Å². The molecule has 1 aromatic rings. The summed E-state index contributed by atoms with van der Waals surface area (Å²) in [6.07, 6.45) is 0.938. The number of rotatable bonds is 4. The van der Waals surface area contributed by atoms with Crippen LogP contribution in [0.15, 0.2) is 12.1 Å². The Morgan fingerprint density at radius 2 is 1.91 bits per heavy atom. The van der Waals surface area contributed by atoms with Gasteiger partial charge in [0.15, 0.2) is 0 Å². The molecule has 1 saturated carbocycles. The van der Waals surface area contributed by atoms with Crippen LogP contribution in [0, 0.1) is 20.8 Å². The van der Waals surface area contributed by atoms with Gasteiger partial charge in [0.2, 0.25) is 0 Å². The number of hydrogen-bond donors (Lipinski definition) is 3. The summed E-state index contributed by atoms with van der Waals surface area (Å²) in [7, 11) is 0. The quantitative estimate of drug-likeness (QED) is 0.794. The van der Waals surface area contributed by atoms with Crippen LogP contribution in [0.1, 0.15) is 41.5 Å². The van der Waals surface area contributed by atoms with E-state index in [0.29, 0.717) is 6.42 Å². The van der Waals surface area contributed by atoms with Crippen molar-refractivity contribution in [1.82, 2.24) is 5.32 Å². The van der Waals surface area contributed by atoms with Crippen molar-refractivity contribution in [2.45, 2.75) is 63.2 Å². The molecule has 5 heteroatoms. The first-order valence-corrected chi connectivity index (χ1v) is 8.79. The van der Waals surface area contributed by atoms with E-state index in [1.165, 1.54) is 22.3 Å². The minimum Gasteiger partial charge on any atom is -0.465 e. The third-order valence-corrected chi connectivity index (χ3v) is 5.79. The maximum atomic E-state index is 10.8. The van der Waals surface area contributed by atoms with Crippen molar-refractivity contribution in [2.75, 3.05) is 0 Å². The molecule has 0 unspecified atom stereocenters. The zero-order valence-electron chi connectivity index (χ0n) is 13.4. The van der Waals surface area contributed by atoms with Gasteiger partial charge >= 0.3 is 6.09 Å². The summed E-state index contributed by atoms with van der Waals surface area (Å²) in [5.74, 6) is 0.861. The lowest BCUT2D eigenvalue weighted by Crippen LogP contribution is -2.49. The number of hydrogen-bond acceptors (Lipinski definition) is 3. The summed E-state index contributed by atoms with van der Waals surface area (Å²) in [4.78, 5) is 10.8. The van der Waals surface area contributed by atoms with Gasteiger partial charge in [-0.2, -0.15) is 11.8 Å². The fraction of sp³-hybridized carbons (Fsp3) is 0.588. The monoisotopic (exact) mass is 323 g/mol. The molecule has 0 saturated heterocycles. The van der Waals surface area contributed by atoms with Crippen LogP contribution < -0.4 is 5.32 Å². The number of aliphatic hydroxyl groups excluding tert-OH is 1. The van der Waals surface area contributed by atoms with Crippen LogP contribution in [0.25, 0.3) is 0 Å². The molecule has 1 amide bonds. The number of nitrogens with one attached hydrogen (secondary N) is 1. The van der Waals surface area contributed by atoms with E-state index in [0.717, 1.165) is 18.6 Å². The lowest BCUT2D eigenvalue weighted by molar-refractivity contribution is 0.0936. The van der Waals surface area contributed by atoms with Crippen LogP contribution in [0.2, 0.25) is 0 Å². The predicted octanol–water partition coefficient (Wildman–Crippen LogP) is 3.39. The molecule has 3 N–H and O–H groups in total. The maximum absolute atomic E-state index is 10.8. The molecule has 1 fully saturated rings. The van der Waals surface area contributed by atoms with Gasteiger partial charge in [-0.25, -0.2) is 4.79 Å². The Morgan fingerprint density at radius 3 is 2.50 bits per heavy atom. The van der Waals surface area contributed by atoms with Gasteiger partial charge in [-0.3, -0.25) is 0 Å². The lowest BCUT2D eigenvalue weighted by Gasteiger charge is -2.34. The average molecular weight is 323 g/mol. The van der Waals surface area contributed by atoms with Gasteiger partial charge in [-0.1, -0.05) is 24.1 Å². The fourth-order valence-corrected chi connectivity index (χ4v) is 4.82. The normalized spacial score (nSPS) is 25.0. The van der Waals surface area contributed by atoms with E-state index in [-0.39, 0.29) is 11.3 Å². The number of aryl methyl sites for hydroxylation is 3. The Balaban J connectivity index is 2.00. The highest BCUT2D eigenvalue weighted by atomic mass is 32.2. The first-order chi connectivity index (χ1) is 10.4. The van der Waals surface area contributed by atoms with Crippen molar-refractivity contribution in [3.05, 3.63) is 34.4 Å². The molecule has 4 nitrogen and oxygen atoms in total. The molecule has 122 valence electrons. The van der Waals surface area contributed by atoms with Crippen molar-refractivity contribution in [3.63, 3.8) is 0 Å². The molecule has 0 aromatic heterocycles. The van der Waals surface area contributed by atoms with E-state index in [4.69, 9.17) is 5.11 Å². The summed E-state index contributed by atoms with van der Waals surface area (Å²) >= 11 is 1.74. The Morgan fingerprint density at radius 1 is 1.27 bits per heavy atom. The number of aliphatic hydroxyl groups is 1. The number of carbonyl (C=O) groups is 1. The van der Waals surface area contributed by atoms with E-state index >= 15 is 0 Å². The molecule has 0 radical (unpaired) electrons. The highest BCUT2D eigenvalue weighted by molar-refractivity contribution is 7.99. The first-order valence-electron chi connectivity index (χ1n) is 7.74. The second-order valence-electron chi connectivity index (χ2n) is 6.20. The number of carboxylic acid groups (broad SMARTS) is 1. The van der Waals surface area contributed by atoms with Crippen molar-refractivity contribution in [2.24, 2.45) is 0 Å². The standard InChI is InChI=1S/C17H25NO3S/c1-10-7-11(2)13(12(3)8-10)9-22-15-6-4-5-14(16(15)19)18-17(20)21/h7-8,14-16,18-19H,4-6,9H2,1-3H3,(H,20,21)/t14-,15-,16-/m1/s1. The molecule has 1 aliphatic carbocycles. The molecular formula is C17H25NO3S. The lowest BCUT2D eigenvalue weighted by atomic mass is 9.92. The van der Waals surface area contributed by atoms with Crippen LogP contribution in [-0.2, 0) is 5.75 Å². The van der Waals surface area contributed by atoms with E-state index < -0.39 is 12.2 Å². The van der Waals surface area contributed by atoms with Gasteiger partial charge in [0.05, 0.1) is 12.1 Å². The van der Waals surface area contributed by atoms with Crippen LogP contribution in [0.4, 0.5) is 4.79 Å². The molecule has 22 heavy (non-hydrogen) atoms. The van der Waals surface area contributed by atoms with Crippen LogP contribution in [-0.4, -0.2) is 33.7 Å². The fourth-order valence-electron chi connectivity index (χ4n) is 3.27. The van der Waals surface area contributed by atoms with Gasteiger partial charge in [-0.15, -0.1) is 0 Å². The zero-order chi connectivity index (χ0) is 16.3. The smallest absolute Gasteiger partial charge is 0.404 e. The van der Waals surface area contributed by atoms with Gasteiger partial charge in [0.25, 0.3) is 0 Å². The minimum atomic E-state index is -1.06. The summed E-state index contributed by atoms with van der Waals surface area (Å²) in [5, 5.41) is 21.8. The SMILES string of the molecule is Cc1cc(C)c(CS[C@@H]2CCC[C@@H](NC(=O)O)[C@H]2O)c(C)c1. The summed E-state index contributed by atoms with van der Waals surface area (Å²) < 4.78 is 0. The van der Waals surface area contributed by atoms with E-state index in [1.807, 2.05) is 0 Å². The second kappa shape index (κ2) is 7.38. The van der Waals surface area contributed by atoms with E-state index in [9.17, 15) is 9.90 Å². The van der Waals surface area contributed by atoms with E-state index in [1.54, 1.807) is 11.8 Å². The zero-order valence-corrected chi connectivity index (χ0v) is 14.2. The summed E-state index contributed by atoms with van der Waals surface area (Å²) in [6, 6.07) is 4.04. The Kier molecular flexibility index (Phi) is 5.75. The Labute approximate surface area is 136 Å². The molecule has 3 atom stereocenters. The number of amides is 1. The summed E-state index contributed by atoms with van der Waals surface area (Å²) in [5.41, 5.74) is 5.18. The van der Waals surface area contributed by atoms with Crippen LogP contribution >= 0.6 is 11.8 Å². The molecule has 0 heterocycles. The van der Waals surface area contributed by atoms with Crippen molar-refractivity contribution in [1.29, 1.82) is 0 Å². The molecule has 0 spiro atoms. The molecule has 2 rings (SSSR count). The molecule has 1 aromatic carbocycles. The molecule has 1 aliphatic rings. The van der Waals surface area contributed by atoms with Gasteiger partial charge in [-0.05, 0) is 50.3 Å². The topological polar surface area (TPSA) is 69.6 Å². The first kappa shape index (κ1) is 17.2. The highest BCUT2D eigenvalue weighted by Gasteiger charge is 2.33. The minimum absolute atomic E-state index is 0.0886. The Bertz CT molecular complexity index is 524. The molecular weight excluding hydrogens is 298 g/mol. The Hall–Kier alpha value is -1.20. The van der Waals surface area contributed by atoms with Gasteiger partial charge in [0, 0.05) is 11.0 Å². The van der Waals surface area contributed by atoms with Crippen molar-refractivity contribution < 1.29 is 15.0 Å². The maximum Gasteiger partial charge on any atom is 0.404 e. The third kappa shape index (κ3) is 4.17. The predicted molar refractivity (Wildman–Crippen MR) is 90.5 cm³/mol.